The lowest BCUT2D eigenvalue weighted by atomic mass is 9.75. The SMILES string of the molecule is O=C1CC[C@]2(CCCNC2)CN1. The summed E-state index contributed by atoms with van der Waals surface area (Å²) in [4.78, 5) is 11.0. The van der Waals surface area contributed by atoms with Crippen molar-refractivity contribution in [3.63, 3.8) is 0 Å². The van der Waals surface area contributed by atoms with Crippen LogP contribution in [0.3, 0.4) is 0 Å². The largest absolute Gasteiger partial charge is 0.355 e. The highest BCUT2D eigenvalue weighted by atomic mass is 16.1. The van der Waals surface area contributed by atoms with Crippen molar-refractivity contribution in [2.75, 3.05) is 19.6 Å². The zero-order valence-electron chi connectivity index (χ0n) is 7.36. The Morgan fingerprint density at radius 3 is 2.75 bits per heavy atom. The molecule has 2 heterocycles. The maximum atomic E-state index is 11.0. The molecule has 1 spiro atoms. The molecule has 12 heavy (non-hydrogen) atoms. The average Bonchev–Trinajstić information content (AvgIpc) is 2.13. The number of amides is 1. The maximum absolute atomic E-state index is 11.0. The molecular formula is C9H16N2O. The third kappa shape index (κ3) is 1.46. The summed E-state index contributed by atoms with van der Waals surface area (Å²) < 4.78 is 0. The van der Waals surface area contributed by atoms with Crippen molar-refractivity contribution in [1.29, 1.82) is 0 Å². The van der Waals surface area contributed by atoms with E-state index in [1.54, 1.807) is 0 Å². The summed E-state index contributed by atoms with van der Waals surface area (Å²) in [6.07, 6.45) is 4.34. The highest BCUT2D eigenvalue weighted by Crippen LogP contribution is 2.32. The lowest BCUT2D eigenvalue weighted by Crippen LogP contribution is -2.51. The van der Waals surface area contributed by atoms with Gasteiger partial charge in [-0.1, -0.05) is 0 Å². The summed E-state index contributed by atoms with van der Waals surface area (Å²) in [6.45, 7) is 3.13. The van der Waals surface area contributed by atoms with Crippen LogP contribution in [-0.4, -0.2) is 25.5 Å². The van der Waals surface area contributed by atoms with E-state index in [1.807, 2.05) is 0 Å². The molecule has 68 valence electrons. The summed E-state index contributed by atoms with van der Waals surface area (Å²) in [5.74, 6) is 0.228. The Bertz CT molecular complexity index is 173. The van der Waals surface area contributed by atoms with Crippen LogP contribution in [0.25, 0.3) is 0 Å². The second-order valence-electron chi connectivity index (χ2n) is 4.06. The third-order valence-electron chi connectivity index (χ3n) is 3.10. The minimum atomic E-state index is 0.228. The first-order chi connectivity index (χ1) is 5.81. The van der Waals surface area contributed by atoms with Gasteiger partial charge >= 0.3 is 0 Å². The monoisotopic (exact) mass is 168 g/mol. The van der Waals surface area contributed by atoms with Crippen molar-refractivity contribution in [2.24, 2.45) is 5.41 Å². The van der Waals surface area contributed by atoms with Gasteiger partial charge in [0.15, 0.2) is 0 Å². The molecule has 2 saturated heterocycles. The van der Waals surface area contributed by atoms with Crippen LogP contribution in [0.1, 0.15) is 25.7 Å². The topological polar surface area (TPSA) is 41.1 Å². The van der Waals surface area contributed by atoms with Crippen LogP contribution in [-0.2, 0) is 4.79 Å². The normalized spacial score (nSPS) is 36.5. The van der Waals surface area contributed by atoms with Gasteiger partial charge < -0.3 is 10.6 Å². The van der Waals surface area contributed by atoms with E-state index in [1.165, 1.54) is 12.8 Å². The smallest absolute Gasteiger partial charge is 0.220 e. The maximum Gasteiger partial charge on any atom is 0.220 e. The fourth-order valence-electron chi connectivity index (χ4n) is 2.24. The molecule has 3 nitrogen and oxygen atoms in total. The summed E-state index contributed by atoms with van der Waals surface area (Å²) in [5, 5.41) is 6.37. The molecule has 0 aromatic carbocycles. The second kappa shape index (κ2) is 3.05. The Hall–Kier alpha value is -0.570. The molecule has 3 heteroatoms. The molecule has 0 aliphatic carbocycles. The fourth-order valence-corrected chi connectivity index (χ4v) is 2.24. The minimum absolute atomic E-state index is 0.228. The van der Waals surface area contributed by atoms with E-state index in [9.17, 15) is 4.79 Å². The summed E-state index contributed by atoms with van der Waals surface area (Å²) >= 11 is 0. The molecule has 1 amide bonds. The van der Waals surface area contributed by atoms with E-state index in [0.29, 0.717) is 5.41 Å². The van der Waals surface area contributed by atoms with E-state index >= 15 is 0 Å². The highest BCUT2D eigenvalue weighted by Gasteiger charge is 2.35. The molecule has 0 saturated carbocycles. The van der Waals surface area contributed by atoms with Gasteiger partial charge in [-0.2, -0.15) is 0 Å². The standard InChI is InChI=1S/C9H16N2O/c12-8-2-4-9(7-11-8)3-1-5-10-6-9/h10H,1-7H2,(H,11,12)/t9-/m0/s1. The number of nitrogens with one attached hydrogen (secondary N) is 2. The van der Waals surface area contributed by atoms with E-state index in [0.717, 1.165) is 32.5 Å². The van der Waals surface area contributed by atoms with Crippen LogP contribution < -0.4 is 10.6 Å². The summed E-state index contributed by atoms with van der Waals surface area (Å²) in [7, 11) is 0. The van der Waals surface area contributed by atoms with Gasteiger partial charge in [-0.15, -0.1) is 0 Å². The quantitative estimate of drug-likeness (QED) is 0.545. The Labute approximate surface area is 72.9 Å². The van der Waals surface area contributed by atoms with Crippen molar-refractivity contribution in [1.82, 2.24) is 10.6 Å². The molecule has 0 unspecified atom stereocenters. The lowest BCUT2D eigenvalue weighted by molar-refractivity contribution is -0.124. The highest BCUT2D eigenvalue weighted by molar-refractivity contribution is 5.76. The zero-order chi connectivity index (χ0) is 8.44. The number of hydrogen-bond donors (Lipinski definition) is 2. The van der Waals surface area contributed by atoms with Crippen molar-refractivity contribution in [2.45, 2.75) is 25.7 Å². The van der Waals surface area contributed by atoms with Crippen LogP contribution >= 0.6 is 0 Å². The van der Waals surface area contributed by atoms with Gasteiger partial charge in [0.2, 0.25) is 5.91 Å². The van der Waals surface area contributed by atoms with E-state index in [-0.39, 0.29) is 5.91 Å². The molecule has 2 fully saturated rings. The molecule has 0 radical (unpaired) electrons. The first-order valence-corrected chi connectivity index (χ1v) is 4.78. The van der Waals surface area contributed by atoms with Crippen LogP contribution in [0, 0.1) is 5.41 Å². The fraction of sp³-hybridized carbons (Fsp3) is 0.889. The van der Waals surface area contributed by atoms with E-state index in [2.05, 4.69) is 10.6 Å². The second-order valence-corrected chi connectivity index (χ2v) is 4.06. The van der Waals surface area contributed by atoms with Gasteiger partial charge in [0.25, 0.3) is 0 Å². The van der Waals surface area contributed by atoms with Gasteiger partial charge in [-0.25, -0.2) is 0 Å². The van der Waals surface area contributed by atoms with E-state index < -0.39 is 0 Å². The van der Waals surface area contributed by atoms with Crippen LogP contribution in [0.15, 0.2) is 0 Å². The number of piperidine rings is 2. The van der Waals surface area contributed by atoms with Crippen molar-refractivity contribution < 1.29 is 4.79 Å². The molecule has 0 bridgehead atoms. The molecule has 0 aromatic rings. The van der Waals surface area contributed by atoms with Gasteiger partial charge in [-0.3, -0.25) is 4.79 Å². The van der Waals surface area contributed by atoms with Gasteiger partial charge in [0.1, 0.15) is 0 Å². The van der Waals surface area contributed by atoms with Crippen molar-refractivity contribution >= 4 is 5.91 Å². The molecule has 0 aromatic heterocycles. The number of hydrogen-bond acceptors (Lipinski definition) is 2. The zero-order valence-corrected chi connectivity index (χ0v) is 7.36. The lowest BCUT2D eigenvalue weighted by Gasteiger charge is -2.40. The van der Waals surface area contributed by atoms with E-state index in [4.69, 9.17) is 0 Å². The number of carbonyl (C=O) groups is 1. The molecular weight excluding hydrogens is 152 g/mol. The molecule has 2 rings (SSSR count). The Balaban J connectivity index is 1.96. The first-order valence-electron chi connectivity index (χ1n) is 4.78. The first kappa shape index (κ1) is 8.05. The number of rotatable bonds is 0. The summed E-state index contributed by atoms with van der Waals surface area (Å²) in [6, 6.07) is 0. The van der Waals surface area contributed by atoms with Crippen LogP contribution in [0.4, 0.5) is 0 Å². The van der Waals surface area contributed by atoms with Gasteiger partial charge in [0, 0.05) is 24.9 Å². The molecule has 2 aliphatic rings. The Kier molecular flexibility index (Phi) is 2.05. The Morgan fingerprint density at radius 1 is 1.25 bits per heavy atom. The molecule has 1 atom stereocenters. The van der Waals surface area contributed by atoms with Crippen LogP contribution in [0.5, 0.6) is 0 Å². The molecule has 2 N–H and O–H groups in total. The van der Waals surface area contributed by atoms with Gasteiger partial charge in [-0.05, 0) is 25.8 Å². The summed E-state index contributed by atoms with van der Waals surface area (Å²) in [5.41, 5.74) is 0.395. The molecule has 2 aliphatic heterocycles. The average molecular weight is 168 g/mol. The van der Waals surface area contributed by atoms with Gasteiger partial charge in [0.05, 0.1) is 0 Å². The van der Waals surface area contributed by atoms with Crippen molar-refractivity contribution in [3.8, 4) is 0 Å². The predicted octanol–water partition coefficient (Wildman–Crippen LogP) is 0.266. The Morgan fingerprint density at radius 2 is 2.17 bits per heavy atom. The van der Waals surface area contributed by atoms with Crippen molar-refractivity contribution in [3.05, 3.63) is 0 Å². The van der Waals surface area contributed by atoms with Crippen LogP contribution in [0.2, 0.25) is 0 Å². The number of carbonyl (C=O) groups excluding carboxylic acids is 1. The third-order valence-corrected chi connectivity index (χ3v) is 3.10. The minimum Gasteiger partial charge on any atom is -0.355 e. The predicted molar refractivity (Wildman–Crippen MR) is 46.8 cm³/mol.